The number of aliphatic hydroxyl groups excluding tert-OH is 2. The van der Waals surface area contributed by atoms with Crippen molar-refractivity contribution in [1.82, 2.24) is 0 Å². The van der Waals surface area contributed by atoms with E-state index < -0.39 is 52.6 Å². The maximum atomic E-state index is 15.4. The van der Waals surface area contributed by atoms with Gasteiger partial charge in [-0.1, -0.05) is 13.8 Å². The zero-order chi connectivity index (χ0) is 20.7. The number of halogens is 1. The molecule has 6 nitrogen and oxygen atoms in total. The van der Waals surface area contributed by atoms with Gasteiger partial charge in [-0.05, 0) is 49.9 Å². The van der Waals surface area contributed by atoms with Crippen molar-refractivity contribution in [2.75, 3.05) is 6.61 Å². The van der Waals surface area contributed by atoms with Crippen molar-refractivity contribution >= 4 is 11.6 Å². The molecule has 7 heteroatoms. The van der Waals surface area contributed by atoms with Crippen molar-refractivity contribution in [2.24, 2.45) is 28.6 Å². The zero-order valence-electron chi connectivity index (χ0n) is 16.5. The van der Waals surface area contributed by atoms with Gasteiger partial charge in [0.1, 0.15) is 29.8 Å². The van der Waals surface area contributed by atoms with Crippen LogP contribution in [0.25, 0.3) is 0 Å². The van der Waals surface area contributed by atoms with E-state index in [2.05, 4.69) is 0 Å². The van der Waals surface area contributed by atoms with Gasteiger partial charge in [0.15, 0.2) is 5.78 Å². The van der Waals surface area contributed by atoms with E-state index in [1.165, 1.54) is 0 Å². The lowest BCUT2D eigenvalue weighted by Crippen LogP contribution is -2.71. The van der Waals surface area contributed by atoms with E-state index in [9.17, 15) is 30.0 Å². The molecule has 0 aromatic rings. The number of aliphatic hydroxyl groups is 4. The number of hydrogen-bond acceptors (Lipinski definition) is 6. The van der Waals surface area contributed by atoms with Crippen molar-refractivity contribution in [1.29, 1.82) is 0 Å². The molecule has 28 heavy (non-hydrogen) atoms. The maximum absolute atomic E-state index is 15.4. The van der Waals surface area contributed by atoms with E-state index in [0.29, 0.717) is 12.8 Å². The number of carbonyl (C=O) groups is 2. The number of Topliss-reactive ketones (excluding diaryl/α,β-unsaturated/α-hetero) is 2. The first-order chi connectivity index (χ1) is 12.9. The van der Waals surface area contributed by atoms with Gasteiger partial charge in [-0.3, -0.25) is 9.59 Å². The molecule has 0 bridgehead atoms. The number of hydrogen-bond donors (Lipinski definition) is 4. The van der Waals surface area contributed by atoms with Crippen molar-refractivity contribution in [2.45, 2.75) is 82.3 Å². The van der Waals surface area contributed by atoms with Gasteiger partial charge in [-0.15, -0.1) is 0 Å². The molecule has 4 fully saturated rings. The molecule has 0 heterocycles. The average molecular weight is 398 g/mol. The Morgan fingerprint density at radius 2 is 1.89 bits per heavy atom. The van der Waals surface area contributed by atoms with Gasteiger partial charge in [-0.2, -0.15) is 0 Å². The lowest BCUT2D eigenvalue weighted by molar-refractivity contribution is -0.261. The Labute approximate surface area is 164 Å². The molecule has 0 saturated heterocycles. The molecule has 0 spiro atoms. The Morgan fingerprint density at radius 3 is 2.54 bits per heavy atom. The molecule has 0 unspecified atom stereocenters. The fourth-order valence-corrected chi connectivity index (χ4v) is 7.74. The molecule has 4 saturated carbocycles. The highest BCUT2D eigenvalue weighted by Gasteiger charge is 2.73. The lowest BCUT2D eigenvalue weighted by atomic mass is 9.42. The van der Waals surface area contributed by atoms with Crippen LogP contribution in [0, 0.1) is 28.6 Å². The molecule has 0 radical (unpaired) electrons. The Bertz CT molecular complexity index is 713. The molecular weight excluding hydrogens is 367 g/mol. The van der Waals surface area contributed by atoms with Crippen LogP contribution in [0.5, 0.6) is 0 Å². The Balaban J connectivity index is 1.77. The maximum Gasteiger partial charge on any atom is 0.190 e. The number of carbonyl (C=O) groups excluding carboxylic acids is 2. The first-order valence-electron chi connectivity index (χ1n) is 10.4. The van der Waals surface area contributed by atoms with Gasteiger partial charge in [0.25, 0.3) is 0 Å². The van der Waals surface area contributed by atoms with Crippen molar-refractivity contribution in [3.05, 3.63) is 0 Å². The van der Waals surface area contributed by atoms with E-state index in [0.717, 1.165) is 0 Å². The SMILES string of the molecule is C[C@]12C[C@@H](O)[C@H]3[C@@H](C[C@@H](F)[C@@]4(O)CC(=O)CC[C@]34C)[C@@H]1CC[C@]2(O)C(=O)CO. The Morgan fingerprint density at radius 1 is 1.21 bits per heavy atom. The normalized spacial score (nSPS) is 56.0. The van der Waals surface area contributed by atoms with Crippen LogP contribution in [0.2, 0.25) is 0 Å². The molecule has 4 rings (SSSR count). The summed E-state index contributed by atoms with van der Waals surface area (Å²) in [4.78, 5) is 24.4. The number of fused-ring (bicyclic) bond motifs is 5. The summed E-state index contributed by atoms with van der Waals surface area (Å²) in [5.74, 6) is -1.70. The molecular formula is C21H31FO6. The third kappa shape index (κ3) is 2.22. The first kappa shape index (κ1) is 20.4. The summed E-state index contributed by atoms with van der Waals surface area (Å²) in [6.45, 7) is 2.78. The van der Waals surface area contributed by atoms with Crippen LogP contribution in [0.4, 0.5) is 4.39 Å². The van der Waals surface area contributed by atoms with Crippen LogP contribution >= 0.6 is 0 Å². The first-order valence-corrected chi connectivity index (χ1v) is 10.4. The molecule has 0 aliphatic heterocycles. The van der Waals surface area contributed by atoms with Crippen molar-refractivity contribution < 1.29 is 34.4 Å². The minimum Gasteiger partial charge on any atom is -0.393 e. The minimum atomic E-state index is -1.78. The fraction of sp³-hybridized carbons (Fsp3) is 0.905. The van der Waals surface area contributed by atoms with Crippen molar-refractivity contribution in [3.63, 3.8) is 0 Å². The summed E-state index contributed by atoms with van der Waals surface area (Å²) in [6, 6.07) is 0. The van der Waals surface area contributed by atoms with Gasteiger partial charge in [0.05, 0.1) is 6.10 Å². The highest BCUT2D eigenvalue weighted by molar-refractivity contribution is 5.89. The standard InChI is InChI=1S/C21H31FO6/c1-18-5-3-11(24)8-21(18,28)15(22)7-12-13-4-6-20(27,16(26)10-23)19(13,2)9-14(25)17(12)18/h12-15,17,23,25,27-28H,3-10H2,1-2H3/t12-,13-,14+,15+,17+,18+,19-,20-,21-/m0/s1. The smallest absolute Gasteiger partial charge is 0.190 e. The van der Waals surface area contributed by atoms with E-state index >= 15 is 4.39 Å². The average Bonchev–Trinajstić information content (AvgIpc) is 2.89. The quantitative estimate of drug-likeness (QED) is 0.550. The van der Waals surface area contributed by atoms with Gasteiger partial charge in [-0.25, -0.2) is 4.39 Å². The van der Waals surface area contributed by atoms with Crippen LogP contribution in [0.1, 0.15) is 58.8 Å². The van der Waals surface area contributed by atoms with E-state index in [1.54, 1.807) is 13.8 Å². The molecule has 0 aromatic heterocycles. The van der Waals surface area contributed by atoms with Gasteiger partial charge < -0.3 is 20.4 Å². The minimum absolute atomic E-state index is 0.00471. The molecule has 4 aliphatic carbocycles. The van der Waals surface area contributed by atoms with Gasteiger partial charge in [0.2, 0.25) is 0 Å². The Hall–Kier alpha value is -0.890. The van der Waals surface area contributed by atoms with Crippen LogP contribution in [-0.2, 0) is 9.59 Å². The van der Waals surface area contributed by atoms with Gasteiger partial charge >= 0.3 is 0 Å². The number of ketones is 2. The number of alkyl halides is 1. The fourth-order valence-electron chi connectivity index (χ4n) is 7.74. The summed E-state index contributed by atoms with van der Waals surface area (Å²) in [5.41, 5.74) is -5.41. The van der Waals surface area contributed by atoms with Crippen LogP contribution in [0.3, 0.4) is 0 Å². The largest absolute Gasteiger partial charge is 0.393 e. The predicted octanol–water partition coefficient (Wildman–Crippen LogP) is 0.924. The highest BCUT2D eigenvalue weighted by Crippen LogP contribution is 2.69. The van der Waals surface area contributed by atoms with Gasteiger partial charge in [0, 0.05) is 23.7 Å². The second kappa shape index (κ2) is 6.06. The van der Waals surface area contributed by atoms with Crippen LogP contribution in [0.15, 0.2) is 0 Å². The van der Waals surface area contributed by atoms with Crippen LogP contribution in [-0.4, -0.2) is 62.1 Å². The summed E-state index contributed by atoms with van der Waals surface area (Å²) in [7, 11) is 0. The summed E-state index contributed by atoms with van der Waals surface area (Å²) in [6.07, 6.45) is -1.33. The van der Waals surface area contributed by atoms with E-state index in [1.807, 2.05) is 0 Å². The van der Waals surface area contributed by atoms with Crippen molar-refractivity contribution in [3.8, 4) is 0 Å². The highest BCUT2D eigenvalue weighted by atomic mass is 19.1. The predicted molar refractivity (Wildman–Crippen MR) is 96.9 cm³/mol. The summed E-state index contributed by atoms with van der Waals surface area (Å²) >= 11 is 0. The molecule has 9 atom stereocenters. The molecule has 4 N–H and O–H groups in total. The lowest BCUT2D eigenvalue weighted by Gasteiger charge is -2.65. The summed E-state index contributed by atoms with van der Waals surface area (Å²) in [5, 5.41) is 42.9. The molecule has 0 amide bonds. The Kier molecular flexibility index (Phi) is 4.41. The zero-order valence-corrected chi connectivity index (χ0v) is 16.5. The molecule has 4 aliphatic rings. The molecule has 0 aromatic carbocycles. The second-order valence-corrected chi connectivity index (χ2v) is 10.2. The second-order valence-electron chi connectivity index (χ2n) is 10.2. The van der Waals surface area contributed by atoms with E-state index in [-0.39, 0.29) is 49.7 Å². The van der Waals surface area contributed by atoms with E-state index in [4.69, 9.17) is 0 Å². The topological polar surface area (TPSA) is 115 Å². The third-order valence-electron chi connectivity index (χ3n) is 9.32. The summed E-state index contributed by atoms with van der Waals surface area (Å²) < 4.78 is 15.4. The third-order valence-corrected chi connectivity index (χ3v) is 9.32. The number of rotatable bonds is 2. The van der Waals surface area contributed by atoms with Crippen LogP contribution < -0.4 is 0 Å². The monoisotopic (exact) mass is 398 g/mol. The molecule has 158 valence electrons.